The average molecular weight is 234 g/mol. The molecule has 3 nitrogen and oxygen atoms in total. The molecule has 3 heteroatoms. The maximum atomic E-state index is 5.79. The number of ether oxygens (including phenoxy) is 1. The van der Waals surface area contributed by atoms with Crippen LogP contribution in [-0.4, -0.2) is 44.8 Å². The van der Waals surface area contributed by atoms with Gasteiger partial charge in [-0.25, -0.2) is 0 Å². The molecule has 2 atom stereocenters. The highest BCUT2D eigenvalue weighted by atomic mass is 16.5. The highest BCUT2D eigenvalue weighted by molar-refractivity contribution is 5.19. The van der Waals surface area contributed by atoms with Crippen molar-refractivity contribution < 1.29 is 4.74 Å². The van der Waals surface area contributed by atoms with E-state index in [9.17, 15) is 0 Å². The highest BCUT2D eigenvalue weighted by Crippen LogP contribution is 2.24. The molecular weight excluding hydrogens is 212 g/mol. The Labute approximate surface area is 104 Å². The Balaban J connectivity index is 2.02. The Bertz CT molecular complexity index is 320. The van der Waals surface area contributed by atoms with Crippen molar-refractivity contribution in [1.82, 2.24) is 10.2 Å². The van der Waals surface area contributed by atoms with Gasteiger partial charge in [-0.2, -0.15) is 0 Å². The first-order valence-corrected chi connectivity index (χ1v) is 6.31. The van der Waals surface area contributed by atoms with Gasteiger partial charge in [-0.1, -0.05) is 30.3 Å². The number of nitrogens with zero attached hydrogens (tertiary/aromatic N) is 1. The van der Waals surface area contributed by atoms with Crippen LogP contribution in [0.1, 0.15) is 18.0 Å². The molecule has 0 radical (unpaired) electrons. The summed E-state index contributed by atoms with van der Waals surface area (Å²) in [4.78, 5) is 2.27. The Kier molecular flexibility index (Phi) is 4.54. The lowest BCUT2D eigenvalue weighted by Crippen LogP contribution is -2.40. The van der Waals surface area contributed by atoms with Gasteiger partial charge in [0.05, 0.1) is 12.7 Å². The first-order chi connectivity index (χ1) is 8.27. The van der Waals surface area contributed by atoms with E-state index >= 15 is 0 Å². The van der Waals surface area contributed by atoms with Crippen LogP contribution in [0.4, 0.5) is 0 Å². The molecule has 17 heavy (non-hydrogen) atoms. The zero-order chi connectivity index (χ0) is 12.1. The predicted octanol–water partition coefficient (Wildman–Crippen LogP) is 1.67. The van der Waals surface area contributed by atoms with E-state index in [-0.39, 0.29) is 0 Å². The Morgan fingerprint density at radius 1 is 1.35 bits per heavy atom. The Morgan fingerprint density at radius 3 is 2.71 bits per heavy atom. The molecule has 0 bridgehead atoms. The van der Waals surface area contributed by atoms with E-state index in [1.165, 1.54) is 5.56 Å². The van der Waals surface area contributed by atoms with Crippen LogP contribution in [0.2, 0.25) is 0 Å². The van der Waals surface area contributed by atoms with Gasteiger partial charge in [0.2, 0.25) is 0 Å². The van der Waals surface area contributed by atoms with Crippen LogP contribution < -0.4 is 5.32 Å². The first kappa shape index (κ1) is 12.6. The number of nitrogens with one attached hydrogen (secondary N) is 1. The van der Waals surface area contributed by atoms with Gasteiger partial charge in [0.25, 0.3) is 0 Å². The van der Waals surface area contributed by atoms with Gasteiger partial charge in [-0.05, 0) is 26.1 Å². The SMILES string of the molecule is CN(C)C(CC1CNCCO1)c1ccccc1. The minimum absolute atomic E-state index is 0.330. The number of benzene rings is 1. The van der Waals surface area contributed by atoms with Crippen LogP contribution in [0.3, 0.4) is 0 Å². The molecule has 1 aliphatic heterocycles. The quantitative estimate of drug-likeness (QED) is 0.857. The summed E-state index contributed by atoms with van der Waals surface area (Å²) in [5.74, 6) is 0. The molecule has 2 rings (SSSR count). The van der Waals surface area contributed by atoms with E-state index in [1.54, 1.807) is 0 Å². The van der Waals surface area contributed by atoms with E-state index < -0.39 is 0 Å². The summed E-state index contributed by atoms with van der Waals surface area (Å²) in [6, 6.07) is 11.1. The number of hydrogen-bond acceptors (Lipinski definition) is 3. The van der Waals surface area contributed by atoms with Crippen molar-refractivity contribution in [3.8, 4) is 0 Å². The van der Waals surface area contributed by atoms with Crippen molar-refractivity contribution in [3.63, 3.8) is 0 Å². The van der Waals surface area contributed by atoms with Crippen molar-refractivity contribution in [2.24, 2.45) is 0 Å². The zero-order valence-corrected chi connectivity index (χ0v) is 10.7. The number of morpholine rings is 1. The molecular formula is C14H22N2O. The minimum Gasteiger partial charge on any atom is -0.376 e. The van der Waals surface area contributed by atoms with Gasteiger partial charge in [0.1, 0.15) is 0 Å². The van der Waals surface area contributed by atoms with Gasteiger partial charge in [0.15, 0.2) is 0 Å². The summed E-state index contributed by atoms with van der Waals surface area (Å²) in [6.45, 7) is 2.78. The van der Waals surface area contributed by atoms with Crippen molar-refractivity contribution in [2.45, 2.75) is 18.6 Å². The summed E-state index contributed by atoms with van der Waals surface area (Å²) >= 11 is 0. The Hall–Kier alpha value is -0.900. The van der Waals surface area contributed by atoms with Crippen molar-refractivity contribution in [3.05, 3.63) is 35.9 Å². The highest BCUT2D eigenvalue weighted by Gasteiger charge is 2.21. The lowest BCUT2D eigenvalue weighted by Gasteiger charge is -2.31. The molecule has 0 amide bonds. The molecule has 1 saturated heterocycles. The Morgan fingerprint density at radius 2 is 2.12 bits per heavy atom. The third-order valence-electron chi connectivity index (χ3n) is 3.30. The third kappa shape index (κ3) is 3.53. The molecule has 1 N–H and O–H groups in total. The van der Waals surface area contributed by atoms with Crippen LogP contribution >= 0.6 is 0 Å². The molecule has 94 valence electrons. The molecule has 2 unspecified atom stereocenters. The summed E-state index contributed by atoms with van der Waals surface area (Å²) in [6.07, 6.45) is 1.38. The smallest absolute Gasteiger partial charge is 0.0718 e. The van der Waals surface area contributed by atoms with Crippen LogP contribution in [0.15, 0.2) is 30.3 Å². The van der Waals surface area contributed by atoms with E-state index in [0.717, 1.165) is 26.1 Å². The molecule has 0 spiro atoms. The van der Waals surface area contributed by atoms with Gasteiger partial charge < -0.3 is 15.0 Å². The van der Waals surface area contributed by atoms with Gasteiger partial charge >= 0.3 is 0 Å². The molecule has 1 fully saturated rings. The van der Waals surface area contributed by atoms with Crippen LogP contribution in [0.25, 0.3) is 0 Å². The van der Waals surface area contributed by atoms with E-state index in [2.05, 4.69) is 54.6 Å². The third-order valence-corrected chi connectivity index (χ3v) is 3.30. The topological polar surface area (TPSA) is 24.5 Å². The fraction of sp³-hybridized carbons (Fsp3) is 0.571. The van der Waals surface area contributed by atoms with E-state index in [4.69, 9.17) is 4.74 Å². The zero-order valence-electron chi connectivity index (χ0n) is 10.7. The van der Waals surface area contributed by atoms with Crippen molar-refractivity contribution in [1.29, 1.82) is 0 Å². The second-order valence-corrected chi connectivity index (χ2v) is 4.82. The second kappa shape index (κ2) is 6.15. The monoisotopic (exact) mass is 234 g/mol. The normalized spacial score (nSPS) is 22.6. The largest absolute Gasteiger partial charge is 0.376 e. The standard InChI is InChI=1S/C14H22N2O/c1-16(2)14(12-6-4-3-5-7-12)10-13-11-15-8-9-17-13/h3-7,13-15H,8-11H2,1-2H3. The summed E-state index contributed by atoms with van der Waals surface area (Å²) in [7, 11) is 4.27. The summed E-state index contributed by atoms with van der Waals surface area (Å²) in [5.41, 5.74) is 1.37. The molecule has 1 aliphatic rings. The number of rotatable bonds is 4. The molecule has 0 saturated carbocycles. The van der Waals surface area contributed by atoms with E-state index in [0.29, 0.717) is 12.1 Å². The van der Waals surface area contributed by atoms with E-state index in [1.807, 2.05) is 0 Å². The minimum atomic E-state index is 0.330. The van der Waals surface area contributed by atoms with Crippen LogP contribution in [0, 0.1) is 0 Å². The average Bonchev–Trinajstić information content (AvgIpc) is 2.38. The fourth-order valence-electron chi connectivity index (χ4n) is 2.34. The maximum absolute atomic E-state index is 5.79. The molecule has 0 aromatic heterocycles. The summed E-state index contributed by atoms with van der Waals surface area (Å²) in [5, 5.41) is 3.39. The molecule has 1 aromatic rings. The molecule has 1 heterocycles. The first-order valence-electron chi connectivity index (χ1n) is 6.31. The lowest BCUT2D eigenvalue weighted by molar-refractivity contribution is 0.00894. The van der Waals surface area contributed by atoms with Gasteiger partial charge in [0, 0.05) is 19.1 Å². The predicted molar refractivity (Wildman–Crippen MR) is 70.1 cm³/mol. The second-order valence-electron chi connectivity index (χ2n) is 4.82. The molecule has 0 aliphatic carbocycles. The van der Waals surface area contributed by atoms with Crippen LogP contribution in [0.5, 0.6) is 0 Å². The van der Waals surface area contributed by atoms with Gasteiger partial charge in [-0.3, -0.25) is 0 Å². The maximum Gasteiger partial charge on any atom is 0.0718 e. The lowest BCUT2D eigenvalue weighted by atomic mass is 9.99. The van der Waals surface area contributed by atoms with Gasteiger partial charge in [-0.15, -0.1) is 0 Å². The van der Waals surface area contributed by atoms with Crippen molar-refractivity contribution in [2.75, 3.05) is 33.8 Å². The van der Waals surface area contributed by atoms with Crippen LogP contribution in [-0.2, 0) is 4.74 Å². The number of hydrogen-bond donors (Lipinski definition) is 1. The molecule has 1 aromatic carbocycles. The summed E-state index contributed by atoms with van der Waals surface area (Å²) < 4.78 is 5.79. The fourth-order valence-corrected chi connectivity index (χ4v) is 2.34. The van der Waals surface area contributed by atoms with Crippen molar-refractivity contribution >= 4 is 0 Å².